The van der Waals surface area contributed by atoms with Crippen molar-refractivity contribution >= 4 is 29.1 Å². The summed E-state index contributed by atoms with van der Waals surface area (Å²) < 4.78 is 0. The molecule has 0 aliphatic heterocycles. The monoisotopic (exact) mass is 348 g/mol. The van der Waals surface area contributed by atoms with Crippen LogP contribution in [0.1, 0.15) is 44.6 Å². The van der Waals surface area contributed by atoms with Gasteiger partial charge in [0.05, 0.1) is 0 Å². The third kappa shape index (κ3) is 5.38. The van der Waals surface area contributed by atoms with Crippen molar-refractivity contribution in [2.75, 3.05) is 18.0 Å². The Morgan fingerprint density at radius 3 is 2.71 bits per heavy atom. The average molecular weight is 349 g/mol. The summed E-state index contributed by atoms with van der Waals surface area (Å²) in [7, 11) is 0. The smallest absolute Gasteiger partial charge is 0.240 e. The van der Waals surface area contributed by atoms with Gasteiger partial charge in [0.25, 0.3) is 0 Å². The minimum absolute atomic E-state index is 0.0247. The summed E-state index contributed by atoms with van der Waals surface area (Å²) >= 11 is 5.96. The second-order valence-corrected chi connectivity index (χ2v) is 6.68. The van der Waals surface area contributed by atoms with Gasteiger partial charge in [0.1, 0.15) is 6.54 Å². The number of amides is 2. The number of aryl methyl sites for hydroxylation is 1. The molecule has 1 aromatic rings. The molecule has 0 radical (unpaired) electrons. The molecule has 1 aliphatic carbocycles. The SMILES string of the molecule is CC(=O)N(CC(=O)NCCC1=CCCCC1)c1ccc(Cl)cc1C. The first kappa shape index (κ1) is 18.5. The number of carbonyl (C=O) groups excluding carboxylic acids is 2. The van der Waals surface area contributed by atoms with Gasteiger partial charge in [-0.3, -0.25) is 9.59 Å². The summed E-state index contributed by atoms with van der Waals surface area (Å²) in [4.78, 5) is 25.6. The second kappa shape index (κ2) is 8.88. The fourth-order valence-electron chi connectivity index (χ4n) is 2.98. The number of nitrogens with zero attached hydrogens (tertiary/aromatic N) is 1. The highest BCUT2D eigenvalue weighted by atomic mass is 35.5. The third-order valence-electron chi connectivity index (χ3n) is 4.28. The summed E-state index contributed by atoms with van der Waals surface area (Å²) in [6, 6.07) is 5.30. The topological polar surface area (TPSA) is 49.4 Å². The van der Waals surface area contributed by atoms with Crippen molar-refractivity contribution < 1.29 is 9.59 Å². The van der Waals surface area contributed by atoms with E-state index in [-0.39, 0.29) is 18.4 Å². The zero-order valence-electron chi connectivity index (χ0n) is 14.4. The lowest BCUT2D eigenvalue weighted by Crippen LogP contribution is -2.40. The number of hydrogen-bond acceptors (Lipinski definition) is 2. The van der Waals surface area contributed by atoms with Gasteiger partial charge in [-0.15, -0.1) is 0 Å². The largest absolute Gasteiger partial charge is 0.354 e. The Hall–Kier alpha value is -1.81. The molecule has 5 heteroatoms. The maximum Gasteiger partial charge on any atom is 0.240 e. The molecule has 1 aliphatic rings. The van der Waals surface area contributed by atoms with Gasteiger partial charge in [0.2, 0.25) is 11.8 Å². The van der Waals surface area contributed by atoms with Crippen LogP contribution in [0.4, 0.5) is 5.69 Å². The molecular formula is C19H25ClN2O2. The number of hydrogen-bond donors (Lipinski definition) is 1. The summed E-state index contributed by atoms with van der Waals surface area (Å²) in [6.45, 7) is 3.99. The molecule has 24 heavy (non-hydrogen) atoms. The number of carbonyl (C=O) groups is 2. The van der Waals surface area contributed by atoms with E-state index in [1.54, 1.807) is 18.2 Å². The van der Waals surface area contributed by atoms with Gasteiger partial charge in [-0.2, -0.15) is 0 Å². The third-order valence-corrected chi connectivity index (χ3v) is 4.52. The summed E-state index contributed by atoms with van der Waals surface area (Å²) in [5.74, 6) is -0.304. The summed E-state index contributed by atoms with van der Waals surface area (Å²) in [6.07, 6.45) is 7.98. The quantitative estimate of drug-likeness (QED) is 0.790. The van der Waals surface area contributed by atoms with E-state index < -0.39 is 0 Å². The van der Waals surface area contributed by atoms with Crippen molar-refractivity contribution in [3.8, 4) is 0 Å². The predicted molar refractivity (Wildman–Crippen MR) is 98.4 cm³/mol. The fraction of sp³-hybridized carbons (Fsp3) is 0.474. The Morgan fingerprint density at radius 1 is 1.29 bits per heavy atom. The Balaban J connectivity index is 1.91. The standard InChI is InChI=1S/C19H25ClN2O2/c1-14-12-17(20)8-9-18(14)22(15(2)23)13-19(24)21-11-10-16-6-4-3-5-7-16/h6,8-9,12H,3-5,7,10-11,13H2,1-2H3,(H,21,24). The maximum atomic E-state index is 12.2. The van der Waals surface area contributed by atoms with E-state index >= 15 is 0 Å². The molecule has 4 nitrogen and oxygen atoms in total. The van der Waals surface area contributed by atoms with Crippen LogP contribution in [0, 0.1) is 6.92 Å². The second-order valence-electron chi connectivity index (χ2n) is 6.24. The molecule has 2 rings (SSSR count). The molecule has 0 saturated carbocycles. The number of nitrogens with one attached hydrogen (secondary N) is 1. The molecule has 0 bridgehead atoms. The van der Waals surface area contributed by atoms with Crippen molar-refractivity contribution in [2.45, 2.75) is 46.0 Å². The lowest BCUT2D eigenvalue weighted by atomic mass is 9.97. The van der Waals surface area contributed by atoms with E-state index in [0.717, 1.165) is 30.5 Å². The highest BCUT2D eigenvalue weighted by Crippen LogP contribution is 2.24. The number of rotatable bonds is 6. The normalized spacial score (nSPS) is 14.0. The lowest BCUT2D eigenvalue weighted by molar-refractivity contribution is -0.123. The van der Waals surface area contributed by atoms with Crippen LogP contribution in [0.25, 0.3) is 0 Å². The molecular weight excluding hydrogens is 324 g/mol. The van der Waals surface area contributed by atoms with Crippen LogP contribution in [-0.4, -0.2) is 24.9 Å². The van der Waals surface area contributed by atoms with Gasteiger partial charge in [-0.05, 0) is 62.8 Å². The van der Waals surface area contributed by atoms with E-state index in [1.165, 1.54) is 30.2 Å². The van der Waals surface area contributed by atoms with E-state index in [2.05, 4.69) is 11.4 Å². The first-order valence-corrected chi connectivity index (χ1v) is 8.84. The van der Waals surface area contributed by atoms with Crippen molar-refractivity contribution in [3.63, 3.8) is 0 Å². The molecule has 0 aromatic heterocycles. The Labute approximate surface area is 148 Å². The predicted octanol–water partition coefficient (Wildman–Crippen LogP) is 4.01. The van der Waals surface area contributed by atoms with Gasteiger partial charge in [0.15, 0.2) is 0 Å². The van der Waals surface area contributed by atoms with Crippen LogP contribution in [0.3, 0.4) is 0 Å². The number of allylic oxidation sites excluding steroid dienone is 1. The first-order chi connectivity index (χ1) is 11.5. The maximum absolute atomic E-state index is 12.2. The molecule has 0 unspecified atom stereocenters. The molecule has 2 amide bonds. The van der Waals surface area contributed by atoms with Crippen LogP contribution in [0.5, 0.6) is 0 Å². The molecule has 0 spiro atoms. The molecule has 0 heterocycles. The molecule has 0 atom stereocenters. The zero-order valence-corrected chi connectivity index (χ0v) is 15.2. The van der Waals surface area contributed by atoms with E-state index in [4.69, 9.17) is 11.6 Å². The van der Waals surface area contributed by atoms with E-state index in [9.17, 15) is 9.59 Å². The van der Waals surface area contributed by atoms with Crippen molar-refractivity contribution in [3.05, 3.63) is 40.4 Å². The minimum Gasteiger partial charge on any atom is -0.354 e. The number of anilines is 1. The minimum atomic E-state index is -0.162. The number of halogens is 1. The number of benzene rings is 1. The molecule has 0 fully saturated rings. The Morgan fingerprint density at radius 2 is 2.08 bits per heavy atom. The average Bonchev–Trinajstić information content (AvgIpc) is 2.54. The first-order valence-electron chi connectivity index (χ1n) is 8.46. The van der Waals surface area contributed by atoms with E-state index in [0.29, 0.717) is 11.6 Å². The highest BCUT2D eigenvalue weighted by Gasteiger charge is 2.17. The van der Waals surface area contributed by atoms with Crippen LogP contribution in [-0.2, 0) is 9.59 Å². The van der Waals surface area contributed by atoms with Gasteiger partial charge in [-0.1, -0.05) is 23.3 Å². The van der Waals surface area contributed by atoms with Crippen molar-refractivity contribution in [1.82, 2.24) is 5.32 Å². The Kier molecular flexibility index (Phi) is 6.85. The molecule has 1 N–H and O–H groups in total. The highest BCUT2D eigenvalue weighted by molar-refractivity contribution is 6.30. The lowest BCUT2D eigenvalue weighted by Gasteiger charge is -2.23. The van der Waals surface area contributed by atoms with Gasteiger partial charge >= 0.3 is 0 Å². The van der Waals surface area contributed by atoms with Gasteiger partial charge < -0.3 is 10.2 Å². The molecule has 1 aromatic carbocycles. The molecule has 130 valence electrons. The summed E-state index contributed by atoms with van der Waals surface area (Å²) in [5.41, 5.74) is 3.02. The van der Waals surface area contributed by atoms with Crippen LogP contribution in [0.2, 0.25) is 5.02 Å². The molecule has 0 saturated heterocycles. The van der Waals surface area contributed by atoms with Crippen molar-refractivity contribution in [2.24, 2.45) is 0 Å². The van der Waals surface area contributed by atoms with Crippen LogP contribution < -0.4 is 10.2 Å². The van der Waals surface area contributed by atoms with Crippen LogP contribution >= 0.6 is 11.6 Å². The van der Waals surface area contributed by atoms with E-state index in [1.807, 2.05) is 6.92 Å². The van der Waals surface area contributed by atoms with Crippen LogP contribution in [0.15, 0.2) is 29.8 Å². The van der Waals surface area contributed by atoms with Gasteiger partial charge in [0, 0.05) is 24.2 Å². The van der Waals surface area contributed by atoms with Gasteiger partial charge in [-0.25, -0.2) is 0 Å². The Bertz CT molecular complexity index is 640. The summed E-state index contributed by atoms with van der Waals surface area (Å²) in [5, 5.41) is 3.53. The zero-order chi connectivity index (χ0) is 17.5. The fourth-order valence-corrected chi connectivity index (χ4v) is 3.21. The van der Waals surface area contributed by atoms with Crippen molar-refractivity contribution in [1.29, 1.82) is 0 Å².